The lowest BCUT2D eigenvalue weighted by atomic mass is 10.1. The summed E-state index contributed by atoms with van der Waals surface area (Å²) in [6, 6.07) is 18.6. The van der Waals surface area contributed by atoms with Crippen molar-refractivity contribution < 1.29 is 0 Å². The zero-order chi connectivity index (χ0) is 18.2. The van der Waals surface area contributed by atoms with Crippen molar-refractivity contribution in [3.63, 3.8) is 0 Å². The number of aromatic nitrogens is 2. The highest BCUT2D eigenvalue weighted by atomic mass is 15.3. The minimum atomic E-state index is 0.757. The lowest BCUT2D eigenvalue weighted by Crippen LogP contribution is -2.37. The van der Waals surface area contributed by atoms with Gasteiger partial charge in [0.15, 0.2) is 5.96 Å². The first kappa shape index (κ1) is 17.7. The van der Waals surface area contributed by atoms with Crippen LogP contribution in [0.1, 0.15) is 16.7 Å². The van der Waals surface area contributed by atoms with Crippen molar-refractivity contribution in [3.05, 3.63) is 83.7 Å². The quantitative estimate of drug-likeness (QED) is 0.532. The van der Waals surface area contributed by atoms with E-state index in [1.807, 2.05) is 41.2 Å². The summed E-state index contributed by atoms with van der Waals surface area (Å²) in [7, 11) is 1.79. The molecule has 5 nitrogen and oxygen atoms in total. The van der Waals surface area contributed by atoms with Crippen molar-refractivity contribution in [1.82, 2.24) is 20.4 Å². The average molecular weight is 347 g/mol. The lowest BCUT2D eigenvalue weighted by Gasteiger charge is -2.11. The van der Waals surface area contributed by atoms with Crippen molar-refractivity contribution in [1.29, 1.82) is 0 Å². The Kier molecular flexibility index (Phi) is 6.04. The van der Waals surface area contributed by atoms with Gasteiger partial charge in [-0.2, -0.15) is 5.10 Å². The van der Waals surface area contributed by atoms with Gasteiger partial charge in [-0.15, -0.1) is 0 Å². The topological polar surface area (TPSA) is 54.2 Å². The van der Waals surface area contributed by atoms with E-state index in [0.717, 1.165) is 31.2 Å². The van der Waals surface area contributed by atoms with Gasteiger partial charge in [-0.05, 0) is 36.6 Å². The molecule has 1 heterocycles. The first-order chi connectivity index (χ1) is 12.7. The van der Waals surface area contributed by atoms with Gasteiger partial charge in [0.05, 0.1) is 11.9 Å². The molecule has 3 aromatic rings. The third kappa shape index (κ3) is 4.96. The Labute approximate surface area is 154 Å². The molecule has 0 aliphatic heterocycles. The molecule has 5 heteroatoms. The molecule has 2 N–H and O–H groups in total. The number of aryl methyl sites for hydroxylation is 1. The number of hydrogen-bond acceptors (Lipinski definition) is 2. The molecule has 0 aliphatic carbocycles. The lowest BCUT2D eigenvalue weighted by molar-refractivity contribution is 0.794. The van der Waals surface area contributed by atoms with E-state index in [-0.39, 0.29) is 0 Å². The summed E-state index contributed by atoms with van der Waals surface area (Å²) in [6.07, 6.45) is 4.87. The van der Waals surface area contributed by atoms with Crippen molar-refractivity contribution in [2.45, 2.75) is 19.9 Å². The number of guanidine groups is 1. The van der Waals surface area contributed by atoms with Crippen molar-refractivity contribution in [2.24, 2.45) is 4.99 Å². The predicted octanol–water partition coefficient (Wildman–Crippen LogP) is 3.09. The maximum Gasteiger partial charge on any atom is 0.191 e. The van der Waals surface area contributed by atoms with E-state index in [1.165, 1.54) is 16.7 Å². The fourth-order valence-electron chi connectivity index (χ4n) is 2.76. The van der Waals surface area contributed by atoms with Crippen LogP contribution in [-0.4, -0.2) is 29.3 Å². The summed E-state index contributed by atoms with van der Waals surface area (Å²) in [5.41, 5.74) is 4.78. The Morgan fingerprint density at radius 3 is 2.65 bits per heavy atom. The molecule has 0 fully saturated rings. The molecule has 1 aromatic heterocycles. The molecule has 0 spiro atoms. The Morgan fingerprint density at radius 1 is 1.04 bits per heavy atom. The van der Waals surface area contributed by atoms with Crippen LogP contribution in [0, 0.1) is 6.92 Å². The fraction of sp³-hybridized carbons (Fsp3) is 0.238. The van der Waals surface area contributed by atoms with Crippen LogP contribution in [0.5, 0.6) is 0 Å². The molecule has 0 saturated heterocycles. The number of rotatable bonds is 6. The van der Waals surface area contributed by atoms with Gasteiger partial charge >= 0.3 is 0 Å². The third-order valence-corrected chi connectivity index (χ3v) is 4.13. The van der Waals surface area contributed by atoms with Gasteiger partial charge in [0.2, 0.25) is 0 Å². The second-order valence-electron chi connectivity index (χ2n) is 6.22. The molecule has 2 aromatic carbocycles. The minimum Gasteiger partial charge on any atom is -0.356 e. The summed E-state index contributed by atoms with van der Waals surface area (Å²) < 4.78 is 1.90. The highest BCUT2D eigenvalue weighted by Crippen LogP contribution is 2.07. The summed E-state index contributed by atoms with van der Waals surface area (Å²) in [4.78, 5) is 4.28. The molecule has 0 bridgehead atoms. The highest BCUT2D eigenvalue weighted by molar-refractivity contribution is 5.79. The second kappa shape index (κ2) is 8.85. The van der Waals surface area contributed by atoms with E-state index in [4.69, 9.17) is 0 Å². The SMILES string of the molecule is CN=C(NCCc1cnn(-c2ccccc2)c1)NCc1cccc(C)c1. The smallest absolute Gasteiger partial charge is 0.191 e. The summed E-state index contributed by atoms with van der Waals surface area (Å²) in [5, 5.41) is 11.1. The molecular weight excluding hydrogens is 322 g/mol. The Bertz CT molecular complexity index is 852. The van der Waals surface area contributed by atoms with Crippen LogP contribution >= 0.6 is 0 Å². The van der Waals surface area contributed by atoms with Crippen LogP contribution in [-0.2, 0) is 13.0 Å². The van der Waals surface area contributed by atoms with Crippen molar-refractivity contribution in [2.75, 3.05) is 13.6 Å². The first-order valence-electron chi connectivity index (χ1n) is 8.83. The average Bonchev–Trinajstić information content (AvgIpc) is 3.14. The molecule has 26 heavy (non-hydrogen) atoms. The van der Waals surface area contributed by atoms with Crippen LogP contribution in [0.3, 0.4) is 0 Å². The van der Waals surface area contributed by atoms with Crippen LogP contribution in [0.15, 0.2) is 72.0 Å². The van der Waals surface area contributed by atoms with E-state index in [0.29, 0.717) is 0 Å². The number of aliphatic imine (C=N–C) groups is 1. The largest absolute Gasteiger partial charge is 0.356 e. The van der Waals surface area contributed by atoms with E-state index >= 15 is 0 Å². The summed E-state index contributed by atoms with van der Waals surface area (Å²) >= 11 is 0. The highest BCUT2D eigenvalue weighted by Gasteiger charge is 2.02. The normalized spacial score (nSPS) is 11.4. The monoisotopic (exact) mass is 347 g/mol. The summed E-state index contributed by atoms with van der Waals surface area (Å²) in [5.74, 6) is 0.807. The Balaban J connectivity index is 1.47. The van der Waals surface area contributed by atoms with Crippen LogP contribution in [0.25, 0.3) is 5.69 Å². The number of nitrogens with one attached hydrogen (secondary N) is 2. The van der Waals surface area contributed by atoms with Crippen LogP contribution < -0.4 is 10.6 Å². The third-order valence-electron chi connectivity index (χ3n) is 4.13. The number of nitrogens with zero attached hydrogens (tertiary/aromatic N) is 3. The van der Waals surface area contributed by atoms with Crippen LogP contribution in [0.2, 0.25) is 0 Å². The standard InChI is InChI=1S/C21H25N5/c1-17-7-6-8-18(13-17)14-24-21(22-2)23-12-11-19-15-25-26(16-19)20-9-4-3-5-10-20/h3-10,13,15-16H,11-12,14H2,1-2H3,(H2,22,23,24). The van der Waals surface area contributed by atoms with Gasteiger partial charge in [-0.1, -0.05) is 48.0 Å². The van der Waals surface area contributed by atoms with Gasteiger partial charge in [0.25, 0.3) is 0 Å². The minimum absolute atomic E-state index is 0.757. The molecule has 0 radical (unpaired) electrons. The van der Waals surface area contributed by atoms with E-state index in [1.54, 1.807) is 7.05 Å². The molecule has 0 aliphatic rings. The fourth-order valence-corrected chi connectivity index (χ4v) is 2.76. The van der Waals surface area contributed by atoms with Gasteiger partial charge in [-0.3, -0.25) is 4.99 Å². The molecule has 0 saturated carbocycles. The zero-order valence-corrected chi connectivity index (χ0v) is 15.3. The second-order valence-corrected chi connectivity index (χ2v) is 6.22. The first-order valence-corrected chi connectivity index (χ1v) is 8.83. The molecular formula is C21H25N5. The van der Waals surface area contributed by atoms with E-state index in [2.05, 4.69) is 58.1 Å². The van der Waals surface area contributed by atoms with Gasteiger partial charge in [-0.25, -0.2) is 4.68 Å². The number of hydrogen-bond donors (Lipinski definition) is 2. The van der Waals surface area contributed by atoms with Gasteiger partial charge in [0, 0.05) is 26.3 Å². The number of para-hydroxylation sites is 1. The maximum atomic E-state index is 4.43. The zero-order valence-electron chi connectivity index (χ0n) is 15.3. The van der Waals surface area contributed by atoms with Crippen molar-refractivity contribution in [3.8, 4) is 5.69 Å². The Morgan fingerprint density at radius 2 is 1.88 bits per heavy atom. The molecule has 134 valence electrons. The van der Waals surface area contributed by atoms with Crippen molar-refractivity contribution >= 4 is 5.96 Å². The maximum absolute atomic E-state index is 4.43. The van der Waals surface area contributed by atoms with E-state index < -0.39 is 0 Å². The van der Waals surface area contributed by atoms with Crippen LogP contribution in [0.4, 0.5) is 0 Å². The molecule has 0 unspecified atom stereocenters. The molecule has 0 amide bonds. The number of benzene rings is 2. The Hall–Kier alpha value is -3.08. The van der Waals surface area contributed by atoms with Gasteiger partial charge < -0.3 is 10.6 Å². The summed E-state index contributed by atoms with van der Waals surface area (Å²) in [6.45, 7) is 3.66. The predicted molar refractivity (Wildman–Crippen MR) is 107 cm³/mol. The molecule has 0 atom stereocenters. The van der Waals surface area contributed by atoms with Gasteiger partial charge in [0.1, 0.15) is 0 Å². The van der Waals surface area contributed by atoms with E-state index in [9.17, 15) is 0 Å². The molecule has 3 rings (SSSR count).